The molecule has 172 valence electrons. The molecule has 0 bridgehead atoms. The van der Waals surface area contributed by atoms with Crippen LogP contribution < -0.4 is 15.5 Å². The van der Waals surface area contributed by atoms with Crippen molar-refractivity contribution in [1.82, 2.24) is 25.4 Å². The van der Waals surface area contributed by atoms with Gasteiger partial charge in [0.1, 0.15) is 11.6 Å². The van der Waals surface area contributed by atoms with E-state index in [1.54, 1.807) is 0 Å². The van der Waals surface area contributed by atoms with Crippen LogP contribution in [0.4, 0.5) is 5.00 Å². The predicted molar refractivity (Wildman–Crippen MR) is 140 cm³/mol. The number of anilines is 1. The van der Waals surface area contributed by atoms with E-state index in [0.717, 1.165) is 76.6 Å². The Labute approximate surface area is 207 Å². The molecular weight excluding hydrogens is 521 g/mol. The van der Waals surface area contributed by atoms with Crippen LogP contribution in [0.2, 0.25) is 0 Å². The maximum Gasteiger partial charge on any atom is 0.191 e. The quantitative estimate of drug-likeness (QED) is 0.234. The number of hydrogen-bond acceptors (Lipinski definition) is 5. The summed E-state index contributed by atoms with van der Waals surface area (Å²) in [6.45, 7) is 7.12. The van der Waals surface area contributed by atoms with Crippen molar-refractivity contribution >= 4 is 46.3 Å². The van der Waals surface area contributed by atoms with E-state index in [1.165, 1.54) is 30.1 Å². The molecule has 2 N–H and O–H groups in total. The molecule has 4 heterocycles. The minimum atomic E-state index is 0. The average Bonchev–Trinajstić information content (AvgIpc) is 3.37. The fraction of sp³-hybridized carbons (Fsp3) is 0.682. The number of nitrogens with zero attached hydrogens (tertiary/aromatic N) is 5. The molecule has 1 fully saturated rings. The number of thiophene rings is 1. The molecule has 0 saturated carbocycles. The van der Waals surface area contributed by atoms with Crippen LogP contribution in [0.3, 0.4) is 0 Å². The number of guanidine groups is 1. The molecule has 7 nitrogen and oxygen atoms in total. The zero-order valence-electron chi connectivity index (χ0n) is 18.6. The van der Waals surface area contributed by atoms with Gasteiger partial charge in [0.25, 0.3) is 0 Å². The lowest BCUT2D eigenvalue weighted by molar-refractivity contribution is 0.462. The Kier molecular flexibility index (Phi) is 9.89. The first-order chi connectivity index (χ1) is 14.8. The molecule has 0 unspecified atom stereocenters. The van der Waals surface area contributed by atoms with Crippen LogP contribution in [-0.4, -0.2) is 52.9 Å². The van der Waals surface area contributed by atoms with Crippen molar-refractivity contribution in [3.8, 4) is 0 Å². The van der Waals surface area contributed by atoms with Crippen LogP contribution in [-0.2, 0) is 19.4 Å². The van der Waals surface area contributed by atoms with Gasteiger partial charge in [0.2, 0.25) is 0 Å². The molecule has 4 rings (SSSR count). The third-order valence-electron chi connectivity index (χ3n) is 6.01. The van der Waals surface area contributed by atoms with Crippen molar-refractivity contribution in [1.29, 1.82) is 0 Å². The lowest BCUT2D eigenvalue weighted by Crippen LogP contribution is -2.48. The number of aliphatic imine (C=N–C) groups is 1. The fourth-order valence-electron chi connectivity index (χ4n) is 4.37. The van der Waals surface area contributed by atoms with Crippen LogP contribution >= 0.6 is 35.3 Å². The van der Waals surface area contributed by atoms with Crippen molar-refractivity contribution in [2.45, 2.75) is 70.9 Å². The summed E-state index contributed by atoms with van der Waals surface area (Å²) in [5.41, 5.74) is 0. The topological polar surface area (TPSA) is 70.4 Å². The summed E-state index contributed by atoms with van der Waals surface area (Å²) in [4.78, 5) is 7.33. The Morgan fingerprint density at radius 1 is 1.19 bits per heavy atom. The SMILES string of the molecule is CCNC(=NCCCc1nnc2n1CCCCC2)NC1CCN(c2cccs2)CC1.I. The average molecular weight is 558 g/mol. The second-order valence-electron chi connectivity index (χ2n) is 8.22. The summed E-state index contributed by atoms with van der Waals surface area (Å²) in [7, 11) is 0. The van der Waals surface area contributed by atoms with Gasteiger partial charge in [0.05, 0.1) is 5.00 Å². The van der Waals surface area contributed by atoms with Gasteiger partial charge in [-0.2, -0.15) is 0 Å². The molecule has 2 aromatic heterocycles. The van der Waals surface area contributed by atoms with E-state index < -0.39 is 0 Å². The van der Waals surface area contributed by atoms with Crippen LogP contribution in [0, 0.1) is 0 Å². The van der Waals surface area contributed by atoms with Gasteiger partial charge in [-0.3, -0.25) is 4.99 Å². The van der Waals surface area contributed by atoms with Gasteiger partial charge in [0.15, 0.2) is 5.96 Å². The highest BCUT2D eigenvalue weighted by Crippen LogP contribution is 2.24. The smallest absolute Gasteiger partial charge is 0.191 e. The van der Waals surface area contributed by atoms with E-state index in [0.29, 0.717) is 6.04 Å². The van der Waals surface area contributed by atoms with E-state index in [-0.39, 0.29) is 24.0 Å². The summed E-state index contributed by atoms with van der Waals surface area (Å²) in [5, 5.41) is 19.5. The van der Waals surface area contributed by atoms with Crippen molar-refractivity contribution in [3.05, 3.63) is 29.2 Å². The second kappa shape index (κ2) is 12.6. The summed E-state index contributed by atoms with van der Waals surface area (Å²) in [6, 6.07) is 4.85. The van der Waals surface area contributed by atoms with E-state index in [1.807, 2.05) is 11.3 Å². The molecule has 0 amide bonds. The summed E-state index contributed by atoms with van der Waals surface area (Å²) >= 11 is 1.83. The zero-order valence-corrected chi connectivity index (χ0v) is 21.7. The van der Waals surface area contributed by atoms with Crippen LogP contribution in [0.1, 0.15) is 57.1 Å². The van der Waals surface area contributed by atoms with E-state index in [2.05, 4.69) is 54.7 Å². The number of hydrogen-bond donors (Lipinski definition) is 2. The Bertz CT molecular complexity index is 797. The molecule has 9 heteroatoms. The van der Waals surface area contributed by atoms with Crippen LogP contribution in [0.5, 0.6) is 0 Å². The fourth-order valence-corrected chi connectivity index (χ4v) is 5.15. The van der Waals surface area contributed by atoms with Crippen molar-refractivity contribution in [3.63, 3.8) is 0 Å². The molecule has 2 aliphatic rings. The first-order valence-electron chi connectivity index (χ1n) is 11.6. The Balaban J connectivity index is 0.00000272. The first kappa shape index (κ1) is 24.3. The minimum Gasteiger partial charge on any atom is -0.363 e. The number of aromatic nitrogens is 3. The van der Waals surface area contributed by atoms with Gasteiger partial charge in [-0.05, 0) is 56.5 Å². The molecular formula is C22H36IN7S. The zero-order chi connectivity index (χ0) is 20.6. The number of fused-ring (bicyclic) bond motifs is 1. The highest BCUT2D eigenvalue weighted by atomic mass is 127. The number of rotatable bonds is 7. The monoisotopic (exact) mass is 557 g/mol. The van der Waals surface area contributed by atoms with Gasteiger partial charge >= 0.3 is 0 Å². The van der Waals surface area contributed by atoms with Crippen LogP contribution in [0.25, 0.3) is 0 Å². The lowest BCUT2D eigenvalue weighted by Gasteiger charge is -2.33. The number of piperidine rings is 1. The third-order valence-corrected chi connectivity index (χ3v) is 6.94. The molecule has 1 saturated heterocycles. The molecule has 0 spiro atoms. The predicted octanol–water partition coefficient (Wildman–Crippen LogP) is 3.84. The molecule has 0 atom stereocenters. The first-order valence-corrected chi connectivity index (χ1v) is 12.5. The standard InChI is InChI=1S/C22H35N7S.HI/c1-2-23-22(25-18-11-15-28(16-12-18)21-10-7-17-30-21)24-13-6-9-20-27-26-19-8-4-3-5-14-29(19)20;/h7,10,17-18H,2-6,8-9,11-16H2,1H3,(H2,23,24,25);1H. The van der Waals surface area contributed by atoms with Gasteiger partial charge in [0, 0.05) is 51.6 Å². The third kappa shape index (κ3) is 6.81. The lowest BCUT2D eigenvalue weighted by atomic mass is 10.1. The van der Waals surface area contributed by atoms with Crippen molar-refractivity contribution in [2.75, 3.05) is 31.1 Å². The number of nitrogens with one attached hydrogen (secondary N) is 2. The van der Waals surface area contributed by atoms with E-state index >= 15 is 0 Å². The van der Waals surface area contributed by atoms with E-state index in [4.69, 9.17) is 4.99 Å². The highest BCUT2D eigenvalue weighted by molar-refractivity contribution is 14.0. The number of halogens is 1. The Morgan fingerprint density at radius 3 is 2.84 bits per heavy atom. The summed E-state index contributed by atoms with van der Waals surface area (Å²) in [5.74, 6) is 3.27. The molecule has 2 aliphatic heterocycles. The van der Waals surface area contributed by atoms with Crippen LogP contribution in [0.15, 0.2) is 22.5 Å². The van der Waals surface area contributed by atoms with Crippen molar-refractivity contribution in [2.24, 2.45) is 4.99 Å². The molecule has 31 heavy (non-hydrogen) atoms. The van der Waals surface area contributed by atoms with Gasteiger partial charge in [-0.25, -0.2) is 0 Å². The Hall–Kier alpha value is -1.36. The minimum absolute atomic E-state index is 0. The Morgan fingerprint density at radius 2 is 2.06 bits per heavy atom. The maximum atomic E-state index is 4.83. The van der Waals surface area contributed by atoms with Gasteiger partial charge in [-0.15, -0.1) is 45.5 Å². The summed E-state index contributed by atoms with van der Waals surface area (Å²) in [6.07, 6.45) is 9.12. The second-order valence-corrected chi connectivity index (χ2v) is 9.14. The summed E-state index contributed by atoms with van der Waals surface area (Å²) < 4.78 is 2.35. The number of aryl methyl sites for hydroxylation is 2. The normalized spacial score (nSPS) is 17.6. The maximum absolute atomic E-state index is 4.83. The van der Waals surface area contributed by atoms with Gasteiger partial charge < -0.3 is 20.1 Å². The van der Waals surface area contributed by atoms with Gasteiger partial charge in [-0.1, -0.05) is 6.42 Å². The molecule has 0 aliphatic carbocycles. The van der Waals surface area contributed by atoms with E-state index in [9.17, 15) is 0 Å². The highest BCUT2D eigenvalue weighted by Gasteiger charge is 2.20. The van der Waals surface area contributed by atoms with Crippen molar-refractivity contribution < 1.29 is 0 Å². The largest absolute Gasteiger partial charge is 0.363 e. The molecule has 0 radical (unpaired) electrons. The molecule has 2 aromatic rings. The molecule has 0 aromatic carbocycles.